The molecule has 0 bridgehead atoms. The standard InChI is InChI=1S/C8H11NO.C8H11N/c1-6-3-4-8(10-2)7(9)5-6;1-9(2)8-6-4-3-5-7-8/h3-5H,9H2,1-2H3;3-7H,1-2H3. The van der Waals surface area contributed by atoms with Crippen LogP contribution in [0.25, 0.3) is 0 Å². The fourth-order valence-corrected chi connectivity index (χ4v) is 1.58. The molecule has 0 amide bonds. The lowest BCUT2D eigenvalue weighted by molar-refractivity contribution is 0.417. The zero-order chi connectivity index (χ0) is 14.3. The highest BCUT2D eigenvalue weighted by atomic mass is 16.5. The quantitative estimate of drug-likeness (QED) is 0.840. The summed E-state index contributed by atoms with van der Waals surface area (Å²) in [5, 5.41) is 0. The Morgan fingerprint density at radius 1 is 1.00 bits per heavy atom. The topological polar surface area (TPSA) is 38.5 Å². The van der Waals surface area contributed by atoms with Gasteiger partial charge in [0.25, 0.3) is 0 Å². The Bertz CT molecular complexity index is 495. The van der Waals surface area contributed by atoms with Crippen molar-refractivity contribution in [2.75, 3.05) is 31.8 Å². The van der Waals surface area contributed by atoms with E-state index in [1.165, 1.54) is 5.69 Å². The fraction of sp³-hybridized carbons (Fsp3) is 0.250. The van der Waals surface area contributed by atoms with E-state index < -0.39 is 0 Å². The molecule has 3 heteroatoms. The van der Waals surface area contributed by atoms with Gasteiger partial charge in [0.1, 0.15) is 5.75 Å². The van der Waals surface area contributed by atoms with E-state index in [1.54, 1.807) is 7.11 Å². The molecule has 3 nitrogen and oxygen atoms in total. The molecule has 0 aliphatic heterocycles. The van der Waals surface area contributed by atoms with Gasteiger partial charge in [-0.2, -0.15) is 0 Å². The van der Waals surface area contributed by atoms with Gasteiger partial charge in [0.05, 0.1) is 12.8 Å². The molecular weight excluding hydrogens is 236 g/mol. The Hall–Kier alpha value is -2.16. The molecule has 0 saturated heterocycles. The normalized spacial score (nSPS) is 9.26. The van der Waals surface area contributed by atoms with Crippen LogP contribution in [-0.4, -0.2) is 21.2 Å². The molecule has 19 heavy (non-hydrogen) atoms. The highest BCUT2D eigenvalue weighted by Gasteiger charge is 1.95. The number of nitrogen functional groups attached to an aromatic ring is 1. The Morgan fingerprint density at radius 3 is 2.05 bits per heavy atom. The molecule has 0 atom stereocenters. The zero-order valence-corrected chi connectivity index (χ0v) is 12.1. The largest absolute Gasteiger partial charge is 0.495 e. The van der Waals surface area contributed by atoms with Gasteiger partial charge in [0, 0.05) is 19.8 Å². The minimum atomic E-state index is 0.697. The second-order valence-corrected chi connectivity index (χ2v) is 4.48. The van der Waals surface area contributed by atoms with Gasteiger partial charge in [-0.05, 0) is 36.8 Å². The molecule has 2 rings (SSSR count). The molecule has 0 fully saturated rings. The highest BCUT2D eigenvalue weighted by molar-refractivity contribution is 5.53. The summed E-state index contributed by atoms with van der Waals surface area (Å²) in [5.41, 5.74) is 8.70. The molecular formula is C16H22N2O. The van der Waals surface area contributed by atoms with Gasteiger partial charge in [-0.1, -0.05) is 24.3 Å². The van der Waals surface area contributed by atoms with E-state index in [9.17, 15) is 0 Å². The number of ether oxygens (including phenoxy) is 1. The third-order valence-corrected chi connectivity index (χ3v) is 2.66. The van der Waals surface area contributed by atoms with Crippen LogP contribution < -0.4 is 15.4 Å². The molecule has 2 aromatic carbocycles. The second kappa shape index (κ2) is 7.31. The van der Waals surface area contributed by atoms with Crippen LogP contribution in [0.5, 0.6) is 5.75 Å². The van der Waals surface area contributed by atoms with Crippen molar-refractivity contribution < 1.29 is 4.74 Å². The summed E-state index contributed by atoms with van der Waals surface area (Å²) in [4.78, 5) is 2.08. The first-order valence-corrected chi connectivity index (χ1v) is 6.17. The van der Waals surface area contributed by atoms with Crippen LogP contribution in [0.2, 0.25) is 0 Å². The summed E-state index contributed by atoms with van der Waals surface area (Å²) in [6.07, 6.45) is 0. The number of nitrogens with zero attached hydrogens (tertiary/aromatic N) is 1. The number of anilines is 2. The summed E-state index contributed by atoms with van der Waals surface area (Å²) in [5.74, 6) is 0.741. The number of hydrogen-bond acceptors (Lipinski definition) is 3. The second-order valence-electron chi connectivity index (χ2n) is 4.48. The maximum atomic E-state index is 5.61. The van der Waals surface area contributed by atoms with Crippen LogP contribution in [0.15, 0.2) is 48.5 Å². The number of nitrogens with two attached hydrogens (primary N) is 1. The van der Waals surface area contributed by atoms with Crippen molar-refractivity contribution >= 4 is 11.4 Å². The van der Waals surface area contributed by atoms with Crippen LogP contribution >= 0.6 is 0 Å². The third-order valence-electron chi connectivity index (χ3n) is 2.66. The smallest absolute Gasteiger partial charge is 0.141 e. The number of rotatable bonds is 2. The minimum absolute atomic E-state index is 0.697. The van der Waals surface area contributed by atoms with Crippen LogP contribution in [0.3, 0.4) is 0 Å². The number of hydrogen-bond donors (Lipinski definition) is 1. The van der Waals surface area contributed by atoms with Gasteiger partial charge in [-0.25, -0.2) is 0 Å². The molecule has 0 heterocycles. The molecule has 0 spiro atoms. The molecule has 102 valence electrons. The van der Waals surface area contributed by atoms with E-state index in [1.807, 2.05) is 57.4 Å². The molecule has 0 aliphatic carbocycles. The molecule has 2 N–H and O–H groups in total. The van der Waals surface area contributed by atoms with Crippen LogP contribution in [0.1, 0.15) is 5.56 Å². The van der Waals surface area contributed by atoms with Gasteiger partial charge in [0.15, 0.2) is 0 Å². The summed E-state index contributed by atoms with van der Waals surface area (Å²) in [6.45, 7) is 2.00. The van der Waals surface area contributed by atoms with Crippen LogP contribution in [-0.2, 0) is 0 Å². The lowest BCUT2D eigenvalue weighted by Crippen LogP contribution is -2.07. The Balaban J connectivity index is 0.000000191. The molecule has 0 aromatic heterocycles. The number of para-hydroxylation sites is 1. The zero-order valence-electron chi connectivity index (χ0n) is 12.1. The van der Waals surface area contributed by atoms with Crippen molar-refractivity contribution in [3.63, 3.8) is 0 Å². The molecule has 0 unspecified atom stereocenters. The van der Waals surface area contributed by atoms with E-state index in [2.05, 4.69) is 17.0 Å². The first kappa shape index (κ1) is 14.9. The summed E-state index contributed by atoms with van der Waals surface area (Å²) < 4.78 is 4.97. The van der Waals surface area contributed by atoms with E-state index in [-0.39, 0.29) is 0 Å². The monoisotopic (exact) mass is 258 g/mol. The summed E-state index contributed by atoms with van der Waals surface area (Å²) in [7, 11) is 5.69. The average molecular weight is 258 g/mol. The first-order valence-electron chi connectivity index (χ1n) is 6.17. The maximum absolute atomic E-state index is 5.61. The average Bonchev–Trinajstić information content (AvgIpc) is 2.40. The third kappa shape index (κ3) is 4.92. The van der Waals surface area contributed by atoms with Gasteiger partial charge in [0.2, 0.25) is 0 Å². The number of methoxy groups -OCH3 is 1. The predicted molar refractivity (Wildman–Crippen MR) is 82.9 cm³/mol. The van der Waals surface area contributed by atoms with E-state index in [0.717, 1.165) is 11.3 Å². The Kier molecular flexibility index (Phi) is 5.73. The van der Waals surface area contributed by atoms with Crippen molar-refractivity contribution in [1.29, 1.82) is 0 Å². The van der Waals surface area contributed by atoms with E-state index in [4.69, 9.17) is 10.5 Å². The van der Waals surface area contributed by atoms with Crippen molar-refractivity contribution in [1.82, 2.24) is 0 Å². The van der Waals surface area contributed by atoms with Crippen molar-refractivity contribution in [3.8, 4) is 5.75 Å². The van der Waals surface area contributed by atoms with Crippen LogP contribution in [0.4, 0.5) is 11.4 Å². The van der Waals surface area contributed by atoms with Gasteiger partial charge in [-0.3, -0.25) is 0 Å². The lowest BCUT2D eigenvalue weighted by atomic mass is 10.2. The SMILES string of the molecule is CN(C)c1ccccc1.COc1ccc(C)cc1N. The minimum Gasteiger partial charge on any atom is -0.495 e. The Morgan fingerprint density at radius 2 is 1.63 bits per heavy atom. The summed E-state index contributed by atoms with van der Waals surface area (Å²) in [6, 6.07) is 16.0. The van der Waals surface area contributed by atoms with Crippen molar-refractivity contribution in [2.24, 2.45) is 0 Å². The lowest BCUT2D eigenvalue weighted by Gasteiger charge is -2.10. The fourth-order valence-electron chi connectivity index (χ4n) is 1.58. The van der Waals surface area contributed by atoms with Crippen LogP contribution in [0, 0.1) is 6.92 Å². The number of benzene rings is 2. The predicted octanol–water partition coefficient (Wildman–Crippen LogP) is 3.34. The first-order chi connectivity index (χ1) is 9.04. The Labute approximate surface area is 115 Å². The van der Waals surface area contributed by atoms with E-state index >= 15 is 0 Å². The number of aryl methyl sites for hydroxylation is 1. The molecule has 0 radical (unpaired) electrons. The maximum Gasteiger partial charge on any atom is 0.141 e. The molecule has 2 aromatic rings. The molecule has 0 saturated carbocycles. The van der Waals surface area contributed by atoms with Gasteiger partial charge >= 0.3 is 0 Å². The van der Waals surface area contributed by atoms with Gasteiger partial charge in [-0.15, -0.1) is 0 Å². The molecule has 0 aliphatic rings. The van der Waals surface area contributed by atoms with Crippen molar-refractivity contribution in [2.45, 2.75) is 6.92 Å². The highest BCUT2D eigenvalue weighted by Crippen LogP contribution is 2.20. The van der Waals surface area contributed by atoms with Crippen molar-refractivity contribution in [3.05, 3.63) is 54.1 Å². The van der Waals surface area contributed by atoms with Gasteiger partial charge < -0.3 is 15.4 Å². The summed E-state index contributed by atoms with van der Waals surface area (Å²) >= 11 is 0. The van der Waals surface area contributed by atoms with E-state index in [0.29, 0.717) is 5.69 Å².